The van der Waals surface area contributed by atoms with E-state index in [9.17, 15) is 0 Å². The van der Waals surface area contributed by atoms with Crippen LogP contribution < -0.4 is 15.0 Å². The molecule has 7 heteroatoms. The molecule has 152 valence electrons. The van der Waals surface area contributed by atoms with Gasteiger partial charge in [-0.15, -0.1) is 12.6 Å². The number of halogens is 3. The summed E-state index contributed by atoms with van der Waals surface area (Å²) in [5.74, 6) is 0.823. The minimum Gasteiger partial charge on any atom is -0.487 e. The predicted molar refractivity (Wildman–Crippen MR) is 124 cm³/mol. The maximum absolute atomic E-state index is 6.47. The van der Waals surface area contributed by atoms with E-state index in [2.05, 4.69) is 30.1 Å². The Balaban J connectivity index is 2.09. The molecule has 0 radical (unpaired) electrons. The minimum absolute atomic E-state index is 0.190. The van der Waals surface area contributed by atoms with Crippen LogP contribution in [0, 0.1) is 0 Å². The summed E-state index contributed by atoms with van der Waals surface area (Å²) in [5, 5.41) is 4.92. The molecule has 1 aliphatic heterocycles. The summed E-state index contributed by atoms with van der Waals surface area (Å²) in [6.45, 7) is 7.92. The van der Waals surface area contributed by atoms with Crippen LogP contribution in [0.25, 0.3) is 11.1 Å². The molecule has 1 N–H and O–H groups in total. The lowest BCUT2D eigenvalue weighted by Crippen LogP contribution is -2.34. The first kappa shape index (κ1) is 21.9. The Bertz CT molecular complexity index is 814. The molecule has 28 heavy (non-hydrogen) atoms. The van der Waals surface area contributed by atoms with Crippen LogP contribution in [-0.2, 0) is 0 Å². The van der Waals surface area contributed by atoms with Gasteiger partial charge in [0, 0.05) is 28.6 Å². The van der Waals surface area contributed by atoms with Crippen molar-refractivity contribution in [2.24, 2.45) is 0 Å². The highest BCUT2D eigenvalue weighted by atomic mass is 35.5. The van der Waals surface area contributed by atoms with Crippen LogP contribution >= 0.6 is 47.4 Å². The van der Waals surface area contributed by atoms with E-state index in [0.717, 1.165) is 66.5 Å². The predicted octanol–water partition coefficient (Wildman–Crippen LogP) is 6.58. The number of anilines is 1. The van der Waals surface area contributed by atoms with Crippen molar-refractivity contribution in [3.63, 3.8) is 0 Å². The molecule has 0 saturated carbocycles. The smallest absolute Gasteiger partial charge is 0.156 e. The average Bonchev–Trinajstić information content (AvgIpc) is 2.65. The van der Waals surface area contributed by atoms with Gasteiger partial charge in [-0.25, -0.2) is 0 Å². The highest BCUT2D eigenvalue weighted by Crippen LogP contribution is 2.44. The van der Waals surface area contributed by atoms with Crippen molar-refractivity contribution in [2.45, 2.75) is 37.7 Å². The number of hydrogen-bond acceptors (Lipinski definition) is 4. The average molecular weight is 460 g/mol. The number of benzene rings is 2. The zero-order valence-corrected chi connectivity index (χ0v) is 19.2. The molecule has 0 aliphatic carbocycles. The van der Waals surface area contributed by atoms with Gasteiger partial charge in [-0.3, -0.25) is 0 Å². The maximum atomic E-state index is 6.47. The van der Waals surface area contributed by atoms with Crippen molar-refractivity contribution in [3.05, 3.63) is 39.3 Å². The van der Waals surface area contributed by atoms with Gasteiger partial charge >= 0.3 is 0 Å². The number of rotatable bonds is 6. The summed E-state index contributed by atoms with van der Waals surface area (Å²) in [6, 6.07) is 7.47. The summed E-state index contributed by atoms with van der Waals surface area (Å²) in [5.41, 5.74) is 2.66. The third-order valence-electron chi connectivity index (χ3n) is 5.02. The van der Waals surface area contributed by atoms with Crippen molar-refractivity contribution in [1.29, 1.82) is 0 Å². The van der Waals surface area contributed by atoms with E-state index in [4.69, 9.17) is 52.2 Å². The number of thiol groups is 1. The van der Waals surface area contributed by atoms with Crippen molar-refractivity contribution < 1.29 is 4.74 Å². The van der Waals surface area contributed by atoms with Crippen molar-refractivity contribution in [1.82, 2.24) is 5.32 Å². The van der Waals surface area contributed by atoms with Crippen molar-refractivity contribution in [2.75, 3.05) is 31.1 Å². The molecule has 1 heterocycles. The molecule has 2 aromatic carbocycles. The molecule has 1 saturated heterocycles. The summed E-state index contributed by atoms with van der Waals surface area (Å²) in [4.78, 5) is 3.04. The molecular formula is C21H25Cl3N2OS. The number of nitrogens with one attached hydrogen (secondary N) is 1. The molecule has 0 amide bonds. The lowest BCUT2D eigenvalue weighted by Gasteiger charge is -2.30. The van der Waals surface area contributed by atoms with Gasteiger partial charge in [-0.2, -0.15) is 0 Å². The molecule has 3 nitrogen and oxygen atoms in total. The largest absolute Gasteiger partial charge is 0.487 e. The van der Waals surface area contributed by atoms with Gasteiger partial charge in [0.1, 0.15) is 6.10 Å². The number of nitrogens with zero attached hydrogens (tertiary/aromatic N) is 1. The Morgan fingerprint density at radius 2 is 1.64 bits per heavy atom. The van der Waals surface area contributed by atoms with Crippen LogP contribution in [0.5, 0.6) is 5.75 Å². The van der Waals surface area contributed by atoms with Crippen LogP contribution in [0.1, 0.15) is 26.7 Å². The Labute approximate surface area is 187 Å². The van der Waals surface area contributed by atoms with Gasteiger partial charge in [-0.05, 0) is 69.6 Å². The van der Waals surface area contributed by atoms with Gasteiger partial charge in [0.2, 0.25) is 0 Å². The van der Waals surface area contributed by atoms with E-state index in [1.165, 1.54) is 0 Å². The number of ether oxygens (including phenoxy) is 1. The van der Waals surface area contributed by atoms with E-state index in [0.29, 0.717) is 15.1 Å². The zero-order valence-electron chi connectivity index (χ0n) is 16.1. The molecule has 3 rings (SSSR count). The first-order chi connectivity index (χ1) is 13.4. The molecule has 0 bridgehead atoms. The number of hydrogen-bond donors (Lipinski definition) is 2. The summed E-state index contributed by atoms with van der Waals surface area (Å²) in [7, 11) is 0. The van der Waals surface area contributed by atoms with Crippen LogP contribution in [0.2, 0.25) is 15.1 Å². The standard InChI is InChI=1S/C21H25Cl3N2OS/c1-3-26(4-2)18-9-13(20-16(23)11-14(22)12-17(20)24)10-19(28)21(18)27-15-5-7-25-8-6-15/h9-12,15,25,28H,3-8H2,1-2H3. The maximum Gasteiger partial charge on any atom is 0.156 e. The summed E-state index contributed by atoms with van der Waals surface area (Å²) >= 11 is 23.8. The lowest BCUT2D eigenvalue weighted by atomic mass is 10.0. The molecule has 0 aromatic heterocycles. The highest BCUT2D eigenvalue weighted by Gasteiger charge is 2.22. The van der Waals surface area contributed by atoms with Gasteiger partial charge in [0.15, 0.2) is 5.75 Å². The first-order valence-electron chi connectivity index (χ1n) is 9.58. The fraction of sp³-hybridized carbons (Fsp3) is 0.429. The first-order valence-corrected chi connectivity index (χ1v) is 11.2. The third-order valence-corrected chi connectivity index (χ3v) is 6.17. The third kappa shape index (κ3) is 4.85. The second-order valence-corrected chi connectivity index (χ2v) is 8.56. The van der Waals surface area contributed by atoms with Gasteiger partial charge in [0.25, 0.3) is 0 Å². The molecule has 0 atom stereocenters. The zero-order chi connectivity index (χ0) is 20.3. The molecule has 0 unspecified atom stereocenters. The van der Waals surface area contributed by atoms with Crippen molar-refractivity contribution in [3.8, 4) is 16.9 Å². The van der Waals surface area contributed by atoms with E-state index >= 15 is 0 Å². The summed E-state index contributed by atoms with van der Waals surface area (Å²) < 4.78 is 6.43. The van der Waals surface area contributed by atoms with E-state index in [1.54, 1.807) is 12.1 Å². The second kappa shape index (κ2) is 9.82. The highest BCUT2D eigenvalue weighted by molar-refractivity contribution is 7.80. The number of piperidine rings is 1. The Kier molecular flexibility index (Phi) is 7.68. The Morgan fingerprint density at radius 1 is 1.04 bits per heavy atom. The molecule has 0 spiro atoms. The van der Waals surface area contributed by atoms with E-state index in [-0.39, 0.29) is 6.10 Å². The van der Waals surface area contributed by atoms with Crippen LogP contribution in [0.4, 0.5) is 5.69 Å². The SMILES string of the molecule is CCN(CC)c1cc(-c2c(Cl)cc(Cl)cc2Cl)cc(S)c1OC1CCNCC1. The monoisotopic (exact) mass is 458 g/mol. The van der Waals surface area contributed by atoms with E-state index < -0.39 is 0 Å². The molecule has 2 aromatic rings. The molecule has 1 aliphatic rings. The summed E-state index contributed by atoms with van der Waals surface area (Å²) in [6.07, 6.45) is 2.17. The topological polar surface area (TPSA) is 24.5 Å². The van der Waals surface area contributed by atoms with Gasteiger partial charge in [-0.1, -0.05) is 34.8 Å². The molecule has 1 fully saturated rings. The Hall–Kier alpha value is -0.780. The van der Waals surface area contributed by atoms with Crippen LogP contribution in [-0.4, -0.2) is 32.3 Å². The fourth-order valence-corrected chi connectivity index (χ4v) is 4.90. The Morgan fingerprint density at radius 3 is 2.21 bits per heavy atom. The molecular weight excluding hydrogens is 435 g/mol. The van der Waals surface area contributed by atoms with Gasteiger partial charge in [0.05, 0.1) is 15.7 Å². The fourth-order valence-electron chi connectivity index (χ4n) is 3.56. The lowest BCUT2D eigenvalue weighted by molar-refractivity contribution is 0.159. The van der Waals surface area contributed by atoms with Crippen LogP contribution in [0.3, 0.4) is 0 Å². The normalized spacial score (nSPS) is 14.9. The van der Waals surface area contributed by atoms with Crippen molar-refractivity contribution >= 4 is 53.1 Å². The van der Waals surface area contributed by atoms with E-state index in [1.807, 2.05) is 6.07 Å². The quantitative estimate of drug-likeness (QED) is 0.477. The minimum atomic E-state index is 0.190. The van der Waals surface area contributed by atoms with Gasteiger partial charge < -0.3 is 15.0 Å². The van der Waals surface area contributed by atoms with Crippen LogP contribution in [0.15, 0.2) is 29.2 Å². The second-order valence-electron chi connectivity index (χ2n) is 6.83.